The summed E-state index contributed by atoms with van der Waals surface area (Å²) >= 11 is 0. The van der Waals surface area contributed by atoms with Crippen LogP contribution in [0.3, 0.4) is 0 Å². The number of H-pyrrole nitrogens is 1. The Morgan fingerprint density at radius 3 is 2.64 bits per heavy atom. The lowest BCUT2D eigenvalue weighted by atomic mass is 10.1. The maximum absolute atomic E-state index is 5.47. The molecule has 0 bridgehead atoms. The van der Waals surface area contributed by atoms with Crippen LogP contribution in [-0.4, -0.2) is 22.1 Å². The molecule has 0 amide bonds. The third-order valence-corrected chi connectivity index (χ3v) is 4.67. The molecule has 0 aliphatic heterocycles. The van der Waals surface area contributed by atoms with Gasteiger partial charge in [0.15, 0.2) is 11.6 Å². The van der Waals surface area contributed by atoms with Gasteiger partial charge in [0.05, 0.1) is 24.6 Å². The van der Waals surface area contributed by atoms with Crippen LogP contribution in [0.25, 0.3) is 33.5 Å². The fraction of sp³-hybridized carbons (Fsp3) is 0.0909. The molecule has 0 unspecified atom stereocenters. The van der Waals surface area contributed by atoms with Gasteiger partial charge >= 0.3 is 0 Å². The number of fused-ring (bicyclic) bond motifs is 3. The Balaban J connectivity index is 1.69. The minimum atomic E-state index is 0.587. The van der Waals surface area contributed by atoms with Crippen LogP contribution in [0, 0.1) is 6.92 Å². The Kier molecular flexibility index (Phi) is 3.76. The van der Waals surface area contributed by atoms with E-state index >= 15 is 0 Å². The van der Waals surface area contributed by atoms with Crippen molar-refractivity contribution in [3.8, 4) is 17.3 Å². The van der Waals surface area contributed by atoms with Crippen LogP contribution in [0.5, 0.6) is 5.75 Å². The summed E-state index contributed by atoms with van der Waals surface area (Å²) in [4.78, 5) is 12.8. The first-order valence-electron chi connectivity index (χ1n) is 8.96. The summed E-state index contributed by atoms with van der Waals surface area (Å²) < 4.78 is 10.7. The summed E-state index contributed by atoms with van der Waals surface area (Å²) in [6.45, 7) is 2.04. The predicted octanol–water partition coefficient (Wildman–Crippen LogP) is 5.43. The van der Waals surface area contributed by atoms with Gasteiger partial charge in [-0.3, -0.25) is 0 Å². The quantitative estimate of drug-likeness (QED) is 0.441. The number of hydrogen-bond acceptors (Lipinski definition) is 5. The molecule has 6 heteroatoms. The van der Waals surface area contributed by atoms with Crippen LogP contribution < -0.4 is 10.1 Å². The zero-order valence-electron chi connectivity index (χ0n) is 15.5. The summed E-state index contributed by atoms with van der Waals surface area (Å²) in [7, 11) is 1.66. The molecule has 0 aliphatic carbocycles. The zero-order valence-corrected chi connectivity index (χ0v) is 15.5. The van der Waals surface area contributed by atoms with E-state index in [1.54, 1.807) is 13.4 Å². The summed E-state index contributed by atoms with van der Waals surface area (Å²) in [5, 5.41) is 4.50. The van der Waals surface area contributed by atoms with E-state index in [-0.39, 0.29) is 0 Å². The van der Waals surface area contributed by atoms with E-state index in [0.29, 0.717) is 11.6 Å². The molecular formula is C22H18N4O2. The molecule has 0 aliphatic rings. The van der Waals surface area contributed by atoms with Crippen LogP contribution in [0.2, 0.25) is 0 Å². The highest BCUT2D eigenvalue weighted by molar-refractivity contribution is 6.10. The van der Waals surface area contributed by atoms with Gasteiger partial charge in [-0.2, -0.15) is 0 Å². The first kappa shape index (κ1) is 16.4. The molecular weight excluding hydrogens is 352 g/mol. The average Bonchev–Trinajstić information content (AvgIpc) is 3.37. The van der Waals surface area contributed by atoms with Gasteiger partial charge in [0.25, 0.3) is 0 Å². The number of nitrogens with zero attached hydrogens (tertiary/aromatic N) is 2. The maximum Gasteiger partial charge on any atom is 0.196 e. The number of aromatic nitrogens is 3. The van der Waals surface area contributed by atoms with Crippen LogP contribution >= 0.6 is 0 Å². The third-order valence-electron chi connectivity index (χ3n) is 4.67. The van der Waals surface area contributed by atoms with Crippen molar-refractivity contribution in [1.82, 2.24) is 15.0 Å². The van der Waals surface area contributed by atoms with Gasteiger partial charge in [0.2, 0.25) is 0 Å². The highest BCUT2D eigenvalue weighted by Crippen LogP contribution is 2.33. The van der Waals surface area contributed by atoms with Crippen molar-refractivity contribution < 1.29 is 9.15 Å². The van der Waals surface area contributed by atoms with Gasteiger partial charge in [0.1, 0.15) is 11.3 Å². The smallest absolute Gasteiger partial charge is 0.196 e. The van der Waals surface area contributed by atoms with Crippen molar-refractivity contribution in [2.45, 2.75) is 6.92 Å². The molecule has 28 heavy (non-hydrogen) atoms. The second kappa shape index (κ2) is 6.42. The summed E-state index contributed by atoms with van der Waals surface area (Å²) in [5.41, 5.74) is 5.64. The van der Waals surface area contributed by atoms with Crippen molar-refractivity contribution >= 4 is 33.3 Å². The van der Waals surface area contributed by atoms with Crippen LogP contribution in [-0.2, 0) is 0 Å². The highest BCUT2D eigenvalue weighted by atomic mass is 16.5. The minimum absolute atomic E-state index is 0.587. The van der Waals surface area contributed by atoms with E-state index in [1.807, 2.05) is 55.5 Å². The molecule has 0 saturated heterocycles. The molecule has 0 saturated carbocycles. The molecule has 2 aromatic carbocycles. The number of imidazole rings is 1. The third kappa shape index (κ3) is 2.75. The maximum atomic E-state index is 5.47. The lowest BCUT2D eigenvalue weighted by molar-refractivity contribution is 0.415. The molecule has 0 atom stereocenters. The molecule has 2 N–H and O–H groups in total. The molecule has 3 heterocycles. The first-order chi connectivity index (χ1) is 13.7. The second-order valence-electron chi connectivity index (χ2n) is 6.60. The van der Waals surface area contributed by atoms with E-state index in [0.717, 1.165) is 44.8 Å². The largest absolute Gasteiger partial charge is 0.497 e. The monoisotopic (exact) mass is 370 g/mol. The van der Waals surface area contributed by atoms with Gasteiger partial charge in [-0.05, 0) is 61.5 Å². The molecule has 0 radical (unpaired) electrons. The molecule has 5 aromatic rings. The number of hydrogen-bond donors (Lipinski definition) is 2. The molecule has 5 rings (SSSR count). The number of ether oxygens (including phenoxy) is 1. The lowest BCUT2D eigenvalue weighted by Crippen LogP contribution is -1.95. The fourth-order valence-electron chi connectivity index (χ4n) is 3.39. The summed E-state index contributed by atoms with van der Waals surface area (Å²) in [6.07, 6.45) is 1.63. The van der Waals surface area contributed by atoms with E-state index in [2.05, 4.69) is 21.4 Å². The molecule has 6 nitrogen and oxygen atoms in total. The standard InChI is InChI=1S/C22H18N4O2/c1-13-12-18(24-14-5-7-15(27-2)8-6-14)20-16(23-13)9-10-17-21(20)26-22(25-17)19-4-3-11-28-19/h3-12,23-24H,1-2H3. The number of furan rings is 1. The fourth-order valence-corrected chi connectivity index (χ4v) is 3.39. The second-order valence-corrected chi connectivity index (χ2v) is 6.60. The molecule has 0 spiro atoms. The van der Waals surface area contributed by atoms with Crippen molar-refractivity contribution in [2.75, 3.05) is 12.4 Å². The zero-order chi connectivity index (χ0) is 19.1. The Hall–Kier alpha value is -3.80. The highest BCUT2D eigenvalue weighted by Gasteiger charge is 2.15. The van der Waals surface area contributed by atoms with Gasteiger partial charge < -0.3 is 19.5 Å². The predicted molar refractivity (Wildman–Crippen MR) is 110 cm³/mol. The SMILES string of the molecule is COc1ccc(Nc2cc(C)[nH]c3ccc4nc(-c5ccco5)nc4c23)cc1. The Morgan fingerprint density at radius 1 is 1.04 bits per heavy atom. The Morgan fingerprint density at radius 2 is 1.89 bits per heavy atom. The Bertz CT molecular complexity index is 1270. The number of methoxy groups -OCH3 is 1. The van der Waals surface area contributed by atoms with Gasteiger partial charge in [0, 0.05) is 22.3 Å². The van der Waals surface area contributed by atoms with Crippen molar-refractivity contribution in [3.63, 3.8) is 0 Å². The number of benzene rings is 2. The number of pyridine rings is 1. The topological polar surface area (TPSA) is 76.0 Å². The lowest BCUT2D eigenvalue weighted by Gasteiger charge is -2.12. The van der Waals surface area contributed by atoms with Gasteiger partial charge in [-0.1, -0.05) is 0 Å². The molecule has 3 aromatic heterocycles. The Labute approximate surface area is 161 Å². The van der Waals surface area contributed by atoms with Crippen LogP contribution in [0.1, 0.15) is 5.69 Å². The van der Waals surface area contributed by atoms with E-state index in [9.17, 15) is 0 Å². The normalized spacial score (nSPS) is 11.2. The molecule has 138 valence electrons. The van der Waals surface area contributed by atoms with Gasteiger partial charge in [-0.25, -0.2) is 9.97 Å². The van der Waals surface area contributed by atoms with Crippen molar-refractivity contribution in [1.29, 1.82) is 0 Å². The summed E-state index contributed by atoms with van der Waals surface area (Å²) in [6, 6.07) is 17.6. The number of nitrogens with one attached hydrogen (secondary N) is 2. The molecule has 0 fully saturated rings. The number of rotatable bonds is 4. The van der Waals surface area contributed by atoms with E-state index in [1.165, 1.54) is 0 Å². The van der Waals surface area contributed by atoms with Gasteiger partial charge in [-0.15, -0.1) is 0 Å². The van der Waals surface area contributed by atoms with Crippen molar-refractivity contribution in [2.24, 2.45) is 0 Å². The first-order valence-corrected chi connectivity index (χ1v) is 8.96. The number of aromatic amines is 1. The van der Waals surface area contributed by atoms with E-state index in [4.69, 9.17) is 14.1 Å². The van der Waals surface area contributed by atoms with Crippen LogP contribution in [0.4, 0.5) is 11.4 Å². The number of aryl methyl sites for hydroxylation is 1. The summed E-state index contributed by atoms with van der Waals surface area (Å²) in [5.74, 6) is 2.06. The minimum Gasteiger partial charge on any atom is -0.497 e. The average molecular weight is 370 g/mol. The van der Waals surface area contributed by atoms with Crippen LogP contribution in [0.15, 0.2) is 65.3 Å². The van der Waals surface area contributed by atoms with Crippen molar-refractivity contribution in [3.05, 3.63) is 66.6 Å². The number of anilines is 2. The van der Waals surface area contributed by atoms with E-state index < -0.39 is 0 Å².